The molecule has 0 aromatic heterocycles. The van der Waals surface area contributed by atoms with E-state index in [1.165, 1.54) is 70.6 Å². The Morgan fingerprint density at radius 1 is 0.333 bits per heavy atom. The van der Waals surface area contributed by atoms with Crippen LogP contribution in [-0.2, 0) is 0 Å². The van der Waals surface area contributed by atoms with Crippen molar-refractivity contribution in [3.63, 3.8) is 0 Å². The average Bonchev–Trinajstić information content (AvgIpc) is 2.27. The quantitative estimate of drug-likeness (QED) is 0.465. The van der Waals surface area contributed by atoms with Crippen LogP contribution in [-0.4, -0.2) is 0 Å². The Morgan fingerprint density at radius 3 is 1.00 bits per heavy atom. The van der Waals surface area contributed by atoms with Gasteiger partial charge < -0.3 is 0 Å². The molecule has 0 heterocycles. The summed E-state index contributed by atoms with van der Waals surface area (Å²) >= 11 is 0. The van der Waals surface area contributed by atoms with Crippen molar-refractivity contribution in [1.82, 2.24) is 0 Å². The standard InChI is InChI=1S/C15H26/c1-2-4-6-8-10-12-14-15-13-11-9-7-5-3-1/h1-2,11,13H,3-10,12,14-15H2. The highest BCUT2D eigenvalue weighted by Gasteiger charge is 1.90. The second kappa shape index (κ2) is 10.0. The topological polar surface area (TPSA) is 0 Å². The van der Waals surface area contributed by atoms with Gasteiger partial charge in [0.15, 0.2) is 0 Å². The molecule has 0 heteroatoms. The molecule has 0 aromatic carbocycles. The highest BCUT2D eigenvalue weighted by atomic mass is 14.0. The lowest BCUT2D eigenvalue weighted by molar-refractivity contribution is 0.621. The third-order valence-electron chi connectivity index (χ3n) is 3.07. The van der Waals surface area contributed by atoms with Crippen LogP contribution in [0.15, 0.2) is 24.3 Å². The van der Waals surface area contributed by atoms with Crippen LogP contribution in [0.3, 0.4) is 0 Å². The highest BCUT2D eigenvalue weighted by molar-refractivity contribution is 4.84. The monoisotopic (exact) mass is 206 g/mol. The minimum absolute atomic E-state index is 1.29. The van der Waals surface area contributed by atoms with Crippen molar-refractivity contribution >= 4 is 0 Å². The van der Waals surface area contributed by atoms with Crippen LogP contribution >= 0.6 is 0 Å². The van der Waals surface area contributed by atoms with E-state index >= 15 is 0 Å². The summed E-state index contributed by atoms with van der Waals surface area (Å²) in [5.74, 6) is 0. The summed E-state index contributed by atoms with van der Waals surface area (Å²) < 4.78 is 0. The summed E-state index contributed by atoms with van der Waals surface area (Å²) in [5, 5.41) is 0. The molecule has 0 spiro atoms. The van der Waals surface area contributed by atoms with E-state index < -0.39 is 0 Å². The Morgan fingerprint density at radius 2 is 0.600 bits per heavy atom. The van der Waals surface area contributed by atoms with E-state index in [4.69, 9.17) is 0 Å². The Hall–Kier alpha value is -0.520. The summed E-state index contributed by atoms with van der Waals surface area (Å²) in [6.45, 7) is 0. The van der Waals surface area contributed by atoms with Gasteiger partial charge in [0.25, 0.3) is 0 Å². The average molecular weight is 206 g/mol. The lowest BCUT2D eigenvalue weighted by Crippen LogP contribution is -1.78. The molecule has 1 aliphatic rings. The lowest BCUT2D eigenvalue weighted by Gasteiger charge is -1.97. The van der Waals surface area contributed by atoms with Gasteiger partial charge in [-0.2, -0.15) is 0 Å². The first kappa shape index (κ1) is 12.5. The van der Waals surface area contributed by atoms with Crippen LogP contribution < -0.4 is 0 Å². The molecule has 0 nitrogen and oxygen atoms in total. The maximum Gasteiger partial charge on any atom is -0.0351 e. The molecule has 0 saturated carbocycles. The second-order valence-corrected chi connectivity index (χ2v) is 4.57. The Balaban J connectivity index is 2.15. The number of hydrogen-bond acceptors (Lipinski definition) is 0. The van der Waals surface area contributed by atoms with Crippen LogP contribution in [0.4, 0.5) is 0 Å². The van der Waals surface area contributed by atoms with Gasteiger partial charge in [0.2, 0.25) is 0 Å². The molecule has 0 atom stereocenters. The largest absolute Gasteiger partial charge is 0.0885 e. The second-order valence-electron chi connectivity index (χ2n) is 4.57. The molecule has 0 unspecified atom stereocenters. The van der Waals surface area contributed by atoms with Crippen LogP contribution in [0.2, 0.25) is 0 Å². The third kappa shape index (κ3) is 8.47. The van der Waals surface area contributed by atoms with Crippen LogP contribution in [0.1, 0.15) is 70.6 Å². The lowest BCUT2D eigenvalue weighted by atomic mass is 10.1. The van der Waals surface area contributed by atoms with Crippen LogP contribution in [0, 0.1) is 0 Å². The van der Waals surface area contributed by atoms with Crippen molar-refractivity contribution in [2.24, 2.45) is 0 Å². The molecule has 0 fully saturated rings. The molecule has 15 heavy (non-hydrogen) atoms. The van der Waals surface area contributed by atoms with Gasteiger partial charge in [0, 0.05) is 0 Å². The van der Waals surface area contributed by atoms with E-state index in [0.29, 0.717) is 0 Å². The molecule has 0 radical (unpaired) electrons. The fourth-order valence-corrected chi connectivity index (χ4v) is 2.05. The molecule has 0 bridgehead atoms. The van der Waals surface area contributed by atoms with Gasteiger partial charge in [0.1, 0.15) is 0 Å². The van der Waals surface area contributed by atoms with Crippen molar-refractivity contribution in [2.45, 2.75) is 70.6 Å². The molecular weight excluding hydrogens is 180 g/mol. The summed E-state index contributed by atoms with van der Waals surface area (Å²) in [7, 11) is 0. The molecule has 0 N–H and O–H groups in total. The van der Waals surface area contributed by atoms with Gasteiger partial charge >= 0.3 is 0 Å². The zero-order valence-electron chi connectivity index (χ0n) is 10.1. The fourth-order valence-electron chi connectivity index (χ4n) is 2.05. The summed E-state index contributed by atoms with van der Waals surface area (Å²) in [6.07, 6.45) is 24.5. The Kier molecular flexibility index (Phi) is 8.38. The molecule has 86 valence electrons. The molecule has 0 aromatic rings. The molecular formula is C15H26. The van der Waals surface area contributed by atoms with Crippen molar-refractivity contribution in [3.8, 4) is 0 Å². The molecule has 0 saturated heterocycles. The fraction of sp³-hybridized carbons (Fsp3) is 0.733. The molecule has 1 aliphatic carbocycles. The zero-order chi connectivity index (χ0) is 10.6. The van der Waals surface area contributed by atoms with E-state index in [1.54, 1.807) is 0 Å². The van der Waals surface area contributed by atoms with Crippen molar-refractivity contribution in [3.05, 3.63) is 24.3 Å². The number of rotatable bonds is 0. The molecule has 0 aliphatic heterocycles. The predicted octanol–water partition coefficient (Wildman–Crippen LogP) is 5.40. The maximum atomic E-state index is 2.38. The van der Waals surface area contributed by atoms with Gasteiger partial charge in [-0.05, 0) is 51.4 Å². The van der Waals surface area contributed by atoms with Crippen molar-refractivity contribution < 1.29 is 0 Å². The first-order valence-corrected chi connectivity index (χ1v) is 6.80. The first-order chi connectivity index (χ1) is 7.50. The maximum absolute atomic E-state index is 2.38. The van der Waals surface area contributed by atoms with E-state index in [1.807, 2.05) is 0 Å². The number of hydrogen-bond donors (Lipinski definition) is 0. The minimum Gasteiger partial charge on any atom is -0.0885 e. The van der Waals surface area contributed by atoms with E-state index in [2.05, 4.69) is 24.3 Å². The summed E-state index contributed by atoms with van der Waals surface area (Å²) in [4.78, 5) is 0. The van der Waals surface area contributed by atoms with Gasteiger partial charge in [-0.15, -0.1) is 0 Å². The molecule has 0 amide bonds. The molecule has 1 rings (SSSR count). The van der Waals surface area contributed by atoms with Gasteiger partial charge in [0.05, 0.1) is 0 Å². The van der Waals surface area contributed by atoms with Gasteiger partial charge in [-0.1, -0.05) is 43.6 Å². The van der Waals surface area contributed by atoms with Crippen molar-refractivity contribution in [1.29, 1.82) is 0 Å². The number of allylic oxidation sites excluding steroid dienone is 4. The highest BCUT2D eigenvalue weighted by Crippen LogP contribution is 2.10. The van der Waals surface area contributed by atoms with Gasteiger partial charge in [-0.25, -0.2) is 0 Å². The SMILES string of the molecule is C1=CCCCCCCCC=CCCCC1. The Labute approximate surface area is 95.5 Å². The summed E-state index contributed by atoms with van der Waals surface area (Å²) in [6, 6.07) is 0. The van der Waals surface area contributed by atoms with E-state index in [-0.39, 0.29) is 0 Å². The predicted molar refractivity (Wildman–Crippen MR) is 69.1 cm³/mol. The van der Waals surface area contributed by atoms with Crippen LogP contribution in [0.25, 0.3) is 0 Å². The van der Waals surface area contributed by atoms with Crippen molar-refractivity contribution in [2.75, 3.05) is 0 Å². The minimum atomic E-state index is 1.29. The van der Waals surface area contributed by atoms with E-state index in [0.717, 1.165) is 0 Å². The van der Waals surface area contributed by atoms with E-state index in [9.17, 15) is 0 Å². The smallest absolute Gasteiger partial charge is 0.0351 e. The first-order valence-electron chi connectivity index (χ1n) is 6.80. The van der Waals surface area contributed by atoms with Crippen LogP contribution in [0.5, 0.6) is 0 Å². The Bertz CT molecular complexity index is 156. The van der Waals surface area contributed by atoms with Gasteiger partial charge in [-0.3, -0.25) is 0 Å². The third-order valence-corrected chi connectivity index (χ3v) is 3.07. The summed E-state index contributed by atoms with van der Waals surface area (Å²) in [5.41, 5.74) is 0. The normalized spacial score (nSPS) is 21.9. The zero-order valence-corrected chi connectivity index (χ0v) is 10.1.